The molecule has 0 aromatic carbocycles. The number of nitrogens with one attached hydrogen (secondary N) is 5. The molecule has 2 fully saturated rings. The number of ether oxygens (including phenoxy) is 3. The average molecular weight is 1160 g/mol. The van der Waals surface area contributed by atoms with Crippen molar-refractivity contribution in [2.24, 2.45) is 23.5 Å². The van der Waals surface area contributed by atoms with Gasteiger partial charge in [0.1, 0.15) is 34.9 Å². The van der Waals surface area contributed by atoms with E-state index in [4.69, 9.17) is 53.7 Å². The summed E-state index contributed by atoms with van der Waals surface area (Å²) in [5, 5.41) is 39.5. The van der Waals surface area contributed by atoms with Gasteiger partial charge in [-0.15, -0.1) is 0 Å². The maximum absolute atomic E-state index is 13.0. The molecule has 2 saturated heterocycles. The Bertz CT molecular complexity index is 2010. The van der Waals surface area contributed by atoms with Crippen LogP contribution in [0.15, 0.2) is 0 Å². The molecular weight excluding hydrogens is 1050 g/mol. The molecule has 0 aliphatic carbocycles. The van der Waals surface area contributed by atoms with Crippen LogP contribution in [0.1, 0.15) is 184 Å². The maximum atomic E-state index is 13.0. The molecule has 5 amide bonds. The average Bonchev–Trinajstić information content (AvgIpc) is 3.61. The zero-order valence-corrected chi connectivity index (χ0v) is 52.7. The highest BCUT2D eigenvalue weighted by Gasteiger charge is 2.52. The lowest BCUT2D eigenvalue weighted by atomic mass is 9.80. The molecule has 10 N–H and O–H groups in total. The Balaban J connectivity index is 0.00000125. The van der Waals surface area contributed by atoms with Crippen molar-refractivity contribution in [1.29, 1.82) is 0 Å². The molecular formula is C54H103B3N6O18. The first kappa shape index (κ1) is 76.5. The number of carbonyl (C=O) groups is 8. The van der Waals surface area contributed by atoms with Crippen LogP contribution in [0.2, 0.25) is 19.0 Å². The first-order chi connectivity index (χ1) is 36.6. The molecule has 2 aliphatic heterocycles. The fourth-order valence-electron chi connectivity index (χ4n) is 8.19. The predicted octanol–water partition coefficient (Wildman–Crippen LogP) is 4.71. The minimum Gasteiger partial charge on any atom is -0.480 e. The summed E-state index contributed by atoms with van der Waals surface area (Å²) >= 11 is 0. The number of esters is 2. The Labute approximate surface area is 483 Å². The molecule has 81 heavy (non-hydrogen) atoms. The minimum atomic E-state index is -1.41. The van der Waals surface area contributed by atoms with Gasteiger partial charge < -0.3 is 80.3 Å². The highest BCUT2D eigenvalue weighted by Crippen LogP contribution is 2.39. The number of rotatable bonds is 26. The standard InChI is InChI=1S/C24H45BN2O7.C21H39BN2O6.C9H19BN2O5/c1-16(28)27-18(19(29)31-21(2,3)4)17(15-26-20(30)32-22(5,6)7)13-12-14-25-33-23(8,9)24(10,11)34-25;1-14(25)23-13-16(17(24-15(2)26)18(27)28-19(3,4)5)11-10-12-22-29-20(6,7)21(8,9)30-22;1-6(13)12-5-7(8(11)9(14)15)3-2-4-10(16)17/h17-18H,12-15H2,1-11H3,(H,26,30)(H,27,28);16-17H,10-13H2,1-9H3,(H,23,25)(H,24,26);7-8,16-17H,2-5,11H2,1H3,(H,12,13)(H,14,15)/t17-,18+;16-,17+;7-,8+/m111/s1. The largest absolute Gasteiger partial charge is 0.480 e. The van der Waals surface area contributed by atoms with Gasteiger partial charge in [0.15, 0.2) is 0 Å². The molecule has 0 aromatic heterocycles. The molecule has 466 valence electrons. The number of aliphatic carboxylic acids is 1. The SMILES string of the molecule is CC(=O)NC[C@@H](CCCB(O)O)[C@H](N)C(=O)O.CC(=O)NC[C@@H](CCCB1OC(C)(C)C(C)(C)O1)[C@H](NC(C)=O)C(=O)OC(C)(C)C.CC(=O)N[C@H](C(=O)OC(C)(C)C)[C@H](CCCB1OC(C)(C)C(C)(C)O1)CNC(=O)OC(C)(C)C. The summed E-state index contributed by atoms with van der Waals surface area (Å²) < 4.78 is 40.6. The number of carboxylic acid groups (broad SMARTS) is 1. The molecule has 0 bridgehead atoms. The summed E-state index contributed by atoms with van der Waals surface area (Å²) in [6.45, 7) is 37.9. The van der Waals surface area contributed by atoms with Crippen molar-refractivity contribution in [3.8, 4) is 0 Å². The van der Waals surface area contributed by atoms with Gasteiger partial charge in [-0.05, 0) is 156 Å². The van der Waals surface area contributed by atoms with E-state index in [2.05, 4.69) is 26.6 Å². The van der Waals surface area contributed by atoms with E-state index in [1.54, 1.807) is 62.3 Å². The number of alkyl carbamates (subject to hydrolysis) is 1. The second-order valence-corrected chi connectivity index (χ2v) is 26.0. The lowest BCUT2D eigenvalue weighted by molar-refractivity contribution is -0.161. The van der Waals surface area contributed by atoms with Gasteiger partial charge in [0.05, 0.1) is 22.4 Å². The summed E-state index contributed by atoms with van der Waals surface area (Å²) in [4.78, 5) is 94.6. The third-order valence-electron chi connectivity index (χ3n) is 13.6. The lowest BCUT2D eigenvalue weighted by Crippen LogP contribution is -2.51. The van der Waals surface area contributed by atoms with Crippen LogP contribution in [0, 0.1) is 17.8 Å². The zero-order valence-electron chi connectivity index (χ0n) is 52.7. The number of hydrogen-bond acceptors (Lipinski definition) is 18. The molecule has 0 unspecified atom stereocenters. The van der Waals surface area contributed by atoms with E-state index in [1.807, 2.05) is 55.4 Å². The lowest BCUT2D eigenvalue weighted by Gasteiger charge is -2.32. The molecule has 0 spiro atoms. The fraction of sp³-hybridized carbons (Fsp3) is 0.852. The Hall–Kier alpha value is -4.53. The number of carbonyl (C=O) groups excluding carboxylic acids is 7. The van der Waals surface area contributed by atoms with E-state index in [9.17, 15) is 38.4 Å². The van der Waals surface area contributed by atoms with Gasteiger partial charge in [-0.2, -0.15) is 0 Å². The minimum absolute atomic E-state index is 0.127. The molecule has 2 aliphatic rings. The van der Waals surface area contributed by atoms with Gasteiger partial charge in [0, 0.05) is 65.1 Å². The Kier molecular flexibility index (Phi) is 31.2. The van der Waals surface area contributed by atoms with E-state index < -0.39 is 100 Å². The van der Waals surface area contributed by atoms with E-state index in [0.29, 0.717) is 51.2 Å². The van der Waals surface area contributed by atoms with Crippen LogP contribution in [0.3, 0.4) is 0 Å². The Morgan fingerprint density at radius 2 is 0.815 bits per heavy atom. The topological polar surface area (TPSA) is 348 Å². The number of hydrogen-bond donors (Lipinski definition) is 9. The molecule has 27 heteroatoms. The molecule has 0 saturated carbocycles. The van der Waals surface area contributed by atoms with Crippen LogP contribution in [0.25, 0.3) is 0 Å². The molecule has 2 heterocycles. The van der Waals surface area contributed by atoms with Crippen molar-refractivity contribution >= 4 is 69.0 Å². The Morgan fingerprint density at radius 1 is 0.506 bits per heavy atom. The second kappa shape index (κ2) is 33.1. The first-order valence-corrected chi connectivity index (χ1v) is 28.1. The summed E-state index contributed by atoms with van der Waals surface area (Å²) in [5.41, 5.74) is 1.77. The number of nitrogens with two attached hydrogens (primary N) is 1. The van der Waals surface area contributed by atoms with Crippen LogP contribution < -0.4 is 32.3 Å². The van der Waals surface area contributed by atoms with Crippen LogP contribution >= 0.6 is 0 Å². The quantitative estimate of drug-likeness (QED) is 0.0322. The summed E-state index contributed by atoms with van der Waals surface area (Å²) in [6.07, 6.45) is 4.10. The third kappa shape index (κ3) is 31.6. The van der Waals surface area contributed by atoms with E-state index >= 15 is 0 Å². The molecule has 0 radical (unpaired) electrons. The van der Waals surface area contributed by atoms with E-state index in [1.165, 1.54) is 27.7 Å². The number of amides is 5. The van der Waals surface area contributed by atoms with Crippen LogP contribution in [-0.2, 0) is 66.4 Å². The van der Waals surface area contributed by atoms with Crippen molar-refractivity contribution in [3.05, 3.63) is 0 Å². The predicted molar refractivity (Wildman–Crippen MR) is 309 cm³/mol. The third-order valence-corrected chi connectivity index (χ3v) is 13.6. The van der Waals surface area contributed by atoms with Crippen LogP contribution in [-0.4, -0.2) is 161 Å². The van der Waals surface area contributed by atoms with Gasteiger partial charge >= 0.3 is 45.4 Å². The molecule has 6 atom stereocenters. The fourth-order valence-corrected chi connectivity index (χ4v) is 8.19. The van der Waals surface area contributed by atoms with Gasteiger partial charge in [0.2, 0.25) is 23.6 Å². The van der Waals surface area contributed by atoms with Crippen LogP contribution in [0.4, 0.5) is 4.79 Å². The van der Waals surface area contributed by atoms with Crippen molar-refractivity contribution in [2.75, 3.05) is 19.6 Å². The van der Waals surface area contributed by atoms with Crippen molar-refractivity contribution in [3.63, 3.8) is 0 Å². The normalized spacial score (nSPS) is 18.3. The van der Waals surface area contributed by atoms with Crippen molar-refractivity contribution in [1.82, 2.24) is 26.6 Å². The van der Waals surface area contributed by atoms with Crippen molar-refractivity contribution < 1.29 is 86.3 Å². The van der Waals surface area contributed by atoms with Gasteiger partial charge in [-0.25, -0.2) is 14.4 Å². The highest BCUT2D eigenvalue weighted by atomic mass is 16.7. The molecule has 0 aromatic rings. The molecule has 2 rings (SSSR count). The van der Waals surface area contributed by atoms with E-state index in [0.717, 1.165) is 0 Å². The molecule has 24 nitrogen and oxygen atoms in total. The van der Waals surface area contributed by atoms with Crippen molar-refractivity contribution in [2.45, 2.75) is 260 Å². The second-order valence-electron chi connectivity index (χ2n) is 26.0. The summed E-state index contributed by atoms with van der Waals surface area (Å²) in [5.74, 6) is -4.50. The van der Waals surface area contributed by atoms with Gasteiger partial charge in [0.25, 0.3) is 0 Å². The highest BCUT2D eigenvalue weighted by molar-refractivity contribution is 6.45. The summed E-state index contributed by atoms with van der Waals surface area (Å²) in [7, 11) is -2.11. The summed E-state index contributed by atoms with van der Waals surface area (Å²) in [6, 6.07) is -2.85. The number of carboxylic acids is 1. The Morgan fingerprint density at radius 3 is 1.10 bits per heavy atom. The zero-order chi connectivity index (χ0) is 63.3. The van der Waals surface area contributed by atoms with Crippen LogP contribution in [0.5, 0.6) is 0 Å². The first-order valence-electron chi connectivity index (χ1n) is 28.1. The maximum Gasteiger partial charge on any atom is 0.457 e. The monoisotopic (exact) mass is 1160 g/mol. The van der Waals surface area contributed by atoms with Gasteiger partial charge in [-0.1, -0.05) is 19.3 Å². The van der Waals surface area contributed by atoms with Gasteiger partial charge in [-0.3, -0.25) is 24.0 Å². The van der Waals surface area contributed by atoms with E-state index in [-0.39, 0.29) is 69.7 Å². The smallest absolute Gasteiger partial charge is 0.457 e.